The fraction of sp³-hybridized carbons (Fsp3) is 0.357. The van der Waals surface area contributed by atoms with Crippen LogP contribution in [0.15, 0.2) is 52.3 Å². The molecule has 1 aromatic carbocycles. The van der Waals surface area contributed by atoms with Gasteiger partial charge in [-0.25, -0.2) is 14.4 Å². The van der Waals surface area contributed by atoms with Crippen LogP contribution in [0.3, 0.4) is 0 Å². The Balaban J connectivity index is 1.63. The molecule has 1 fully saturated rings. The van der Waals surface area contributed by atoms with Crippen molar-refractivity contribution in [1.82, 2.24) is 18.9 Å². The molecule has 1 aliphatic rings. The standard InChI is InChI=1S/C28H28ClFN4O3/c1-15(2)33-13-19(5-8-25(33)35)24-11-18(9-10-37-24)23-14-34-27(31-17(4)16(3)28(34)36)26(32-23)21-7-6-20(29)12-22(21)30/h5-8,12-15,18,24H,9-11H2,1-4H3/t18-,24+/m0/s1. The zero-order chi connectivity index (χ0) is 26.4. The van der Waals surface area contributed by atoms with Gasteiger partial charge in [-0.1, -0.05) is 11.6 Å². The highest BCUT2D eigenvalue weighted by Gasteiger charge is 2.28. The van der Waals surface area contributed by atoms with E-state index >= 15 is 4.39 Å². The van der Waals surface area contributed by atoms with E-state index in [-0.39, 0.29) is 39.8 Å². The van der Waals surface area contributed by atoms with E-state index in [9.17, 15) is 9.59 Å². The van der Waals surface area contributed by atoms with Gasteiger partial charge in [0.25, 0.3) is 11.1 Å². The number of hydrogen-bond donors (Lipinski definition) is 0. The van der Waals surface area contributed by atoms with Gasteiger partial charge >= 0.3 is 0 Å². The van der Waals surface area contributed by atoms with Crippen molar-refractivity contribution >= 4 is 17.2 Å². The van der Waals surface area contributed by atoms with Gasteiger partial charge < -0.3 is 9.30 Å². The van der Waals surface area contributed by atoms with E-state index in [2.05, 4.69) is 4.98 Å². The number of nitrogens with zero attached hydrogens (tertiary/aromatic N) is 4. The number of aryl methyl sites for hydroxylation is 1. The topological polar surface area (TPSA) is 78.5 Å². The van der Waals surface area contributed by atoms with Crippen molar-refractivity contribution in [2.24, 2.45) is 0 Å². The summed E-state index contributed by atoms with van der Waals surface area (Å²) in [5.41, 5.74) is 3.21. The van der Waals surface area contributed by atoms with Gasteiger partial charge in [-0.05, 0) is 70.4 Å². The summed E-state index contributed by atoms with van der Waals surface area (Å²) in [5, 5.41) is 0.272. The van der Waals surface area contributed by atoms with Crippen molar-refractivity contribution in [3.63, 3.8) is 0 Å². The van der Waals surface area contributed by atoms with Gasteiger partial charge in [0, 0.05) is 58.9 Å². The van der Waals surface area contributed by atoms with Crippen LogP contribution in [-0.4, -0.2) is 25.5 Å². The lowest BCUT2D eigenvalue weighted by Gasteiger charge is -2.30. The lowest BCUT2D eigenvalue weighted by Crippen LogP contribution is -2.25. The summed E-state index contributed by atoms with van der Waals surface area (Å²) >= 11 is 6.00. The molecule has 0 N–H and O–H groups in total. The quantitative estimate of drug-likeness (QED) is 0.351. The highest BCUT2D eigenvalue weighted by atomic mass is 35.5. The van der Waals surface area contributed by atoms with E-state index in [4.69, 9.17) is 21.3 Å². The van der Waals surface area contributed by atoms with Gasteiger partial charge in [-0.15, -0.1) is 0 Å². The summed E-state index contributed by atoms with van der Waals surface area (Å²) in [4.78, 5) is 35.0. The molecule has 1 aliphatic heterocycles. The van der Waals surface area contributed by atoms with E-state index in [1.807, 2.05) is 20.0 Å². The van der Waals surface area contributed by atoms with Gasteiger partial charge in [0.05, 0.1) is 11.8 Å². The first-order chi connectivity index (χ1) is 17.6. The largest absolute Gasteiger partial charge is 0.373 e. The second kappa shape index (κ2) is 9.84. The highest BCUT2D eigenvalue weighted by Crippen LogP contribution is 2.38. The number of hydrogen-bond acceptors (Lipinski definition) is 5. The first kappa shape index (κ1) is 25.3. The Morgan fingerprint density at radius 2 is 1.89 bits per heavy atom. The smallest absolute Gasteiger partial charge is 0.261 e. The minimum Gasteiger partial charge on any atom is -0.373 e. The van der Waals surface area contributed by atoms with Crippen LogP contribution in [0, 0.1) is 19.7 Å². The van der Waals surface area contributed by atoms with Crippen LogP contribution in [0.4, 0.5) is 4.39 Å². The fourth-order valence-corrected chi connectivity index (χ4v) is 4.99. The summed E-state index contributed by atoms with van der Waals surface area (Å²) in [6.45, 7) is 7.89. The molecule has 192 valence electrons. The first-order valence-electron chi connectivity index (χ1n) is 12.3. The Morgan fingerprint density at radius 3 is 2.62 bits per heavy atom. The van der Waals surface area contributed by atoms with Crippen LogP contribution in [0.2, 0.25) is 5.02 Å². The summed E-state index contributed by atoms with van der Waals surface area (Å²) < 4.78 is 24.3. The monoisotopic (exact) mass is 522 g/mol. The molecule has 3 aromatic heterocycles. The molecule has 2 atom stereocenters. The maximum Gasteiger partial charge on any atom is 0.261 e. The third-order valence-electron chi connectivity index (χ3n) is 7.08. The van der Waals surface area contributed by atoms with Crippen LogP contribution >= 0.6 is 11.6 Å². The van der Waals surface area contributed by atoms with Crippen molar-refractivity contribution in [2.45, 2.75) is 58.6 Å². The first-order valence-corrected chi connectivity index (χ1v) is 12.7. The molecule has 0 bridgehead atoms. The van der Waals surface area contributed by atoms with E-state index in [0.717, 1.165) is 5.56 Å². The van der Waals surface area contributed by atoms with Crippen LogP contribution < -0.4 is 11.1 Å². The zero-order valence-corrected chi connectivity index (χ0v) is 21.9. The number of aromatic nitrogens is 4. The number of pyridine rings is 1. The number of fused-ring (bicyclic) bond motifs is 1. The average Bonchev–Trinajstić information content (AvgIpc) is 2.87. The average molecular weight is 523 g/mol. The van der Waals surface area contributed by atoms with E-state index in [1.165, 1.54) is 10.5 Å². The molecule has 1 saturated heterocycles. The second-order valence-electron chi connectivity index (χ2n) is 9.84. The Morgan fingerprint density at radius 1 is 1.11 bits per heavy atom. The minimum absolute atomic E-state index is 0.0249. The lowest BCUT2D eigenvalue weighted by molar-refractivity contribution is 0.00414. The van der Waals surface area contributed by atoms with Crippen LogP contribution in [-0.2, 0) is 4.74 Å². The minimum atomic E-state index is -0.535. The number of rotatable bonds is 4. The molecule has 9 heteroatoms. The van der Waals surface area contributed by atoms with Crippen molar-refractivity contribution in [3.05, 3.63) is 96.8 Å². The summed E-state index contributed by atoms with van der Waals surface area (Å²) in [5.74, 6) is -0.586. The summed E-state index contributed by atoms with van der Waals surface area (Å²) in [7, 11) is 0. The predicted octanol–water partition coefficient (Wildman–Crippen LogP) is 5.54. The Bertz CT molecular complexity index is 1630. The van der Waals surface area contributed by atoms with Crippen molar-refractivity contribution in [1.29, 1.82) is 0 Å². The van der Waals surface area contributed by atoms with Crippen LogP contribution in [0.1, 0.15) is 67.3 Å². The SMILES string of the molecule is Cc1nc2c(-c3ccc(Cl)cc3F)nc([C@H]3CCO[C@@H](c4ccc(=O)n(C(C)C)c4)C3)cn2c(=O)c1C. The second-order valence-corrected chi connectivity index (χ2v) is 10.3. The Labute approximate surface area is 218 Å². The molecule has 0 spiro atoms. The number of halogens is 2. The number of ether oxygens (including phenoxy) is 1. The molecule has 7 nitrogen and oxygen atoms in total. The third-order valence-corrected chi connectivity index (χ3v) is 7.31. The Kier molecular flexibility index (Phi) is 6.72. The fourth-order valence-electron chi connectivity index (χ4n) is 4.83. The molecule has 4 heterocycles. The summed E-state index contributed by atoms with van der Waals surface area (Å²) in [6, 6.07) is 7.78. The van der Waals surface area contributed by atoms with Crippen LogP contribution in [0.5, 0.6) is 0 Å². The van der Waals surface area contributed by atoms with Crippen molar-refractivity contribution in [3.8, 4) is 11.3 Å². The highest BCUT2D eigenvalue weighted by molar-refractivity contribution is 6.30. The number of benzene rings is 1. The molecule has 0 saturated carbocycles. The summed E-state index contributed by atoms with van der Waals surface area (Å²) in [6.07, 6.45) is 4.62. The van der Waals surface area contributed by atoms with Gasteiger partial charge in [-0.2, -0.15) is 0 Å². The van der Waals surface area contributed by atoms with Gasteiger partial charge in [0.15, 0.2) is 5.65 Å². The third kappa shape index (κ3) is 4.71. The van der Waals surface area contributed by atoms with Crippen molar-refractivity contribution in [2.75, 3.05) is 6.61 Å². The molecule has 5 rings (SSSR count). The van der Waals surface area contributed by atoms with Gasteiger partial charge in [0.2, 0.25) is 0 Å². The molecule has 0 unspecified atom stereocenters. The Hall–Kier alpha value is -3.36. The van der Waals surface area contributed by atoms with Crippen LogP contribution in [0.25, 0.3) is 16.9 Å². The molecular weight excluding hydrogens is 495 g/mol. The molecule has 0 amide bonds. The van der Waals surface area contributed by atoms with E-state index < -0.39 is 5.82 Å². The maximum absolute atomic E-state index is 15.0. The van der Waals surface area contributed by atoms with E-state index in [0.29, 0.717) is 47.7 Å². The molecule has 37 heavy (non-hydrogen) atoms. The molecule has 0 aliphatic carbocycles. The van der Waals surface area contributed by atoms with Crippen molar-refractivity contribution < 1.29 is 9.13 Å². The lowest BCUT2D eigenvalue weighted by atomic mass is 9.90. The van der Waals surface area contributed by atoms with E-state index in [1.54, 1.807) is 48.9 Å². The van der Waals surface area contributed by atoms with Gasteiger partial charge in [-0.3, -0.25) is 14.0 Å². The molecular formula is C28H28ClFN4O3. The normalized spacial score (nSPS) is 18.0. The molecule has 0 radical (unpaired) electrons. The molecule has 4 aromatic rings. The zero-order valence-electron chi connectivity index (χ0n) is 21.2. The van der Waals surface area contributed by atoms with Gasteiger partial charge in [0.1, 0.15) is 11.5 Å². The maximum atomic E-state index is 15.0. The predicted molar refractivity (Wildman–Crippen MR) is 141 cm³/mol.